The molecule has 0 amide bonds. The average molecular weight is 431 g/mol. The standard InChI is InChI=1S/C23H22N6O3/c1-31-18-9-14-16(11-19(18)32-2)26-23-28-21(27-20(25)10-15(24)12-7-8-12)13-5-3-4-6-17(13)29(23)22(14)30/h3-6,9-12H,7-8,24H2,1-2H3,(H2,25,26,27,28)/p+1. The molecule has 1 fully saturated rings. The number of methoxy groups -OCH3 is 2. The Labute approximate surface area is 183 Å². The highest BCUT2D eigenvalue weighted by molar-refractivity contribution is 5.97. The third-order valence-corrected chi connectivity index (χ3v) is 5.61. The van der Waals surface area contributed by atoms with E-state index < -0.39 is 0 Å². The second-order valence-electron chi connectivity index (χ2n) is 7.75. The van der Waals surface area contributed by atoms with Crippen molar-refractivity contribution in [3.05, 3.63) is 58.5 Å². The van der Waals surface area contributed by atoms with E-state index in [1.54, 1.807) is 18.2 Å². The molecule has 1 saturated carbocycles. The molecule has 0 atom stereocenters. The quantitative estimate of drug-likeness (QED) is 0.215. The number of hydrogen-bond donors (Lipinski definition) is 2. The molecule has 5 rings (SSSR count). The number of hydrogen-bond acceptors (Lipinski definition) is 6. The Morgan fingerprint density at radius 1 is 1.16 bits per heavy atom. The lowest BCUT2D eigenvalue weighted by molar-refractivity contribution is -0.335. The van der Waals surface area contributed by atoms with Crippen molar-refractivity contribution in [2.45, 2.75) is 12.8 Å². The molecule has 9 nitrogen and oxygen atoms in total. The molecule has 9 heteroatoms. The van der Waals surface area contributed by atoms with Crippen molar-refractivity contribution >= 4 is 39.2 Å². The van der Waals surface area contributed by atoms with Crippen molar-refractivity contribution in [2.75, 3.05) is 14.2 Å². The van der Waals surface area contributed by atoms with Gasteiger partial charge in [-0.25, -0.2) is 4.98 Å². The zero-order valence-electron chi connectivity index (χ0n) is 17.8. The largest absolute Gasteiger partial charge is 0.493 e. The van der Waals surface area contributed by atoms with Crippen LogP contribution in [0, 0.1) is 5.92 Å². The van der Waals surface area contributed by atoms with Crippen LogP contribution in [0.5, 0.6) is 11.5 Å². The Balaban J connectivity index is 1.80. The minimum Gasteiger partial charge on any atom is -0.493 e. The number of allylic oxidation sites excluding steroid dienone is 1. The highest BCUT2D eigenvalue weighted by Crippen LogP contribution is 2.34. The zero-order chi connectivity index (χ0) is 22.4. The van der Waals surface area contributed by atoms with Gasteiger partial charge in [-0.2, -0.15) is 4.40 Å². The Morgan fingerprint density at radius 2 is 1.88 bits per heavy atom. The number of amidine groups is 1. The number of nitrogens with zero attached hydrogens (tertiary/aromatic N) is 3. The normalized spacial score (nSPS) is 14.9. The number of para-hydroxylation sites is 1. The number of fused-ring (bicyclic) bond motifs is 4. The number of aromatic nitrogens is 3. The number of ether oxygens (including phenoxy) is 2. The van der Waals surface area contributed by atoms with E-state index in [9.17, 15) is 4.79 Å². The number of nitrogens with two attached hydrogens (primary N) is 2. The predicted molar refractivity (Wildman–Crippen MR) is 122 cm³/mol. The minimum absolute atomic E-state index is 0.236. The number of H-pyrrole nitrogens is 1. The Kier molecular flexibility index (Phi) is 4.66. The molecule has 162 valence electrons. The first-order valence-corrected chi connectivity index (χ1v) is 10.2. The van der Waals surface area contributed by atoms with Crippen molar-refractivity contribution in [1.82, 2.24) is 9.38 Å². The van der Waals surface area contributed by atoms with Crippen LogP contribution in [-0.2, 0) is 0 Å². The van der Waals surface area contributed by atoms with Crippen LogP contribution in [0.1, 0.15) is 12.8 Å². The maximum Gasteiger partial charge on any atom is 0.360 e. The average Bonchev–Trinajstić information content (AvgIpc) is 3.64. The topological polar surface area (TPSA) is 131 Å². The highest BCUT2D eigenvalue weighted by atomic mass is 16.5. The molecule has 2 heterocycles. The first-order valence-electron chi connectivity index (χ1n) is 10.2. The molecule has 1 aliphatic rings. The molecule has 5 N–H and O–H groups in total. The van der Waals surface area contributed by atoms with Crippen molar-refractivity contribution < 1.29 is 14.5 Å². The molecule has 0 unspecified atom stereocenters. The minimum atomic E-state index is -0.236. The van der Waals surface area contributed by atoms with Gasteiger partial charge < -0.3 is 20.9 Å². The molecule has 0 aliphatic heterocycles. The van der Waals surface area contributed by atoms with E-state index >= 15 is 0 Å². The lowest BCUT2D eigenvalue weighted by Crippen LogP contribution is -2.24. The fourth-order valence-electron chi connectivity index (χ4n) is 3.82. The monoisotopic (exact) mass is 431 g/mol. The Hall–Kier alpha value is -4.14. The summed E-state index contributed by atoms with van der Waals surface area (Å²) in [4.78, 5) is 25.8. The van der Waals surface area contributed by atoms with Crippen LogP contribution in [0.25, 0.3) is 27.6 Å². The summed E-state index contributed by atoms with van der Waals surface area (Å²) in [6, 6.07) is 10.8. The molecule has 1 aliphatic carbocycles. The van der Waals surface area contributed by atoms with Gasteiger partial charge >= 0.3 is 11.3 Å². The summed E-state index contributed by atoms with van der Waals surface area (Å²) < 4.78 is 12.2. The maximum absolute atomic E-state index is 13.5. The number of benzene rings is 2. The van der Waals surface area contributed by atoms with E-state index in [4.69, 9.17) is 20.9 Å². The van der Waals surface area contributed by atoms with Gasteiger partial charge in [0, 0.05) is 23.9 Å². The number of nitrogens with one attached hydrogen (secondary N) is 1. The molecule has 4 aromatic rings. The van der Waals surface area contributed by atoms with Gasteiger partial charge in [0.2, 0.25) is 5.82 Å². The highest BCUT2D eigenvalue weighted by Gasteiger charge is 2.24. The molecule has 32 heavy (non-hydrogen) atoms. The van der Waals surface area contributed by atoms with E-state index in [1.165, 1.54) is 18.6 Å². The van der Waals surface area contributed by atoms with Gasteiger partial charge in [0.05, 0.1) is 25.0 Å². The van der Waals surface area contributed by atoms with E-state index in [2.05, 4.69) is 15.0 Å². The summed E-state index contributed by atoms with van der Waals surface area (Å²) in [6.07, 6.45) is 3.85. The van der Waals surface area contributed by atoms with E-state index in [-0.39, 0.29) is 11.4 Å². The summed E-state index contributed by atoms with van der Waals surface area (Å²) in [5.41, 5.74) is 13.9. The van der Waals surface area contributed by atoms with Gasteiger partial charge in [0.1, 0.15) is 11.0 Å². The lowest BCUT2D eigenvalue weighted by atomic mass is 10.2. The summed E-state index contributed by atoms with van der Waals surface area (Å²) in [5, 5.41) is 1.14. The van der Waals surface area contributed by atoms with Crippen molar-refractivity contribution in [1.29, 1.82) is 0 Å². The third kappa shape index (κ3) is 3.27. The van der Waals surface area contributed by atoms with Crippen molar-refractivity contribution in [3.63, 3.8) is 0 Å². The van der Waals surface area contributed by atoms with Gasteiger partial charge in [-0.15, -0.1) is 9.98 Å². The van der Waals surface area contributed by atoms with E-state index in [1.807, 2.05) is 24.3 Å². The van der Waals surface area contributed by atoms with Crippen LogP contribution in [0.15, 0.2) is 58.0 Å². The van der Waals surface area contributed by atoms with Gasteiger partial charge in [-0.1, -0.05) is 12.1 Å². The molecule has 0 spiro atoms. The number of rotatable bonds is 5. The predicted octanol–water partition coefficient (Wildman–Crippen LogP) is 2.07. The summed E-state index contributed by atoms with van der Waals surface area (Å²) in [7, 11) is 3.06. The molecule has 2 aromatic carbocycles. The maximum atomic E-state index is 13.5. The zero-order valence-corrected chi connectivity index (χ0v) is 17.8. The lowest BCUT2D eigenvalue weighted by Gasteiger charge is -2.08. The van der Waals surface area contributed by atoms with Crippen molar-refractivity contribution in [3.8, 4) is 11.5 Å². The van der Waals surface area contributed by atoms with Crippen LogP contribution in [-0.4, -0.2) is 29.4 Å². The first-order chi connectivity index (χ1) is 15.5. The number of aromatic amines is 1. The van der Waals surface area contributed by atoms with E-state index in [0.29, 0.717) is 45.4 Å². The summed E-state index contributed by atoms with van der Waals surface area (Å²) >= 11 is 0. The summed E-state index contributed by atoms with van der Waals surface area (Å²) in [5.74, 6) is 2.44. The molecule has 0 radical (unpaired) electrons. The van der Waals surface area contributed by atoms with Crippen LogP contribution in [0.3, 0.4) is 0 Å². The summed E-state index contributed by atoms with van der Waals surface area (Å²) in [6.45, 7) is 0. The molecular formula is C23H23N6O3+. The smallest absolute Gasteiger partial charge is 0.360 e. The number of aliphatic imine (C=N–C) groups is 1. The fraction of sp³-hybridized carbons (Fsp3) is 0.217. The molecule has 0 bridgehead atoms. The third-order valence-electron chi connectivity index (χ3n) is 5.61. The van der Waals surface area contributed by atoms with E-state index in [0.717, 1.165) is 23.9 Å². The fourth-order valence-corrected chi connectivity index (χ4v) is 3.82. The van der Waals surface area contributed by atoms with Crippen molar-refractivity contribution in [2.24, 2.45) is 22.4 Å². The SMILES string of the molecule is COc1cc2nc3[nH+]c(N=C(N)C=C(N)C4CC4)c4ccccc4n3c(=O)c2cc1OC. The molecular weight excluding hydrogens is 408 g/mol. The van der Waals surface area contributed by atoms with Crippen LogP contribution in [0.4, 0.5) is 5.82 Å². The van der Waals surface area contributed by atoms with Crippen LogP contribution in [0.2, 0.25) is 0 Å². The van der Waals surface area contributed by atoms with Gasteiger partial charge in [-0.3, -0.25) is 4.79 Å². The van der Waals surface area contributed by atoms with Gasteiger partial charge in [0.25, 0.3) is 0 Å². The molecule has 0 saturated heterocycles. The van der Waals surface area contributed by atoms with Gasteiger partial charge in [0.15, 0.2) is 17.3 Å². The van der Waals surface area contributed by atoms with Crippen LogP contribution >= 0.6 is 0 Å². The first kappa shape index (κ1) is 19.8. The Bertz CT molecular complexity index is 1500. The Morgan fingerprint density at radius 3 is 2.59 bits per heavy atom. The van der Waals surface area contributed by atoms with Gasteiger partial charge in [-0.05, 0) is 30.9 Å². The second-order valence-corrected chi connectivity index (χ2v) is 7.75. The van der Waals surface area contributed by atoms with Crippen LogP contribution < -0.4 is 31.5 Å². The second kappa shape index (κ2) is 7.52. The molecule has 2 aromatic heterocycles.